The number of anilines is 3. The van der Waals surface area contributed by atoms with Gasteiger partial charge in [-0.3, -0.25) is 34.2 Å². The summed E-state index contributed by atoms with van der Waals surface area (Å²) in [6.45, 7) is 4.79. The van der Waals surface area contributed by atoms with E-state index in [0.717, 1.165) is 49.2 Å². The zero-order valence-electron chi connectivity index (χ0n) is 36.3. The number of likely N-dealkylation sites (tertiary alicyclic amines) is 1. The molecule has 5 amide bonds. The van der Waals surface area contributed by atoms with Crippen LogP contribution in [-0.4, -0.2) is 111 Å². The molecule has 3 aromatic carbocycles. The first kappa shape index (κ1) is 42.9. The molecule has 5 aromatic rings. The van der Waals surface area contributed by atoms with Crippen LogP contribution in [0.25, 0.3) is 11.1 Å². The third-order valence-corrected chi connectivity index (χ3v) is 13.7. The molecule has 0 spiro atoms. The Morgan fingerprint density at radius 1 is 0.818 bits per heavy atom. The summed E-state index contributed by atoms with van der Waals surface area (Å²) in [5, 5.41) is 8.18. The highest BCUT2D eigenvalue weighted by molar-refractivity contribution is 6.04. The van der Waals surface area contributed by atoms with Crippen LogP contribution in [0.1, 0.15) is 76.9 Å². The number of piperazine rings is 1. The van der Waals surface area contributed by atoms with Gasteiger partial charge >= 0.3 is 0 Å². The van der Waals surface area contributed by atoms with Crippen LogP contribution in [0.4, 0.5) is 26.0 Å². The van der Waals surface area contributed by atoms with Crippen LogP contribution in [0.2, 0.25) is 0 Å². The van der Waals surface area contributed by atoms with Crippen LogP contribution >= 0.6 is 0 Å². The number of amides is 5. The molecule has 0 bridgehead atoms. The standard InChI is InChI=1S/C49H50F2N10O5/c50-38-25-32(24-36-37(38)27-61(49(36)66)46(45-41-4-3-17-60(41)29-53-45)48(65)55-42-5-1-2-16-52-42)30-6-9-34(10-7-30)58-20-22-59(23-21-58)44(63)28-57-18-14-31(15-19-57)35-11-8-33(26-39(35)51)54-40-12-13-43(62)56-47(40)64/h1-2,5-11,16,24-26,29,31,40,46,54H,3-4,12-15,17-23,27-28H2,(H,52,55,65)(H,56,62,64)/t40-,46?/m1/s1. The Hall–Kier alpha value is -7.01. The van der Waals surface area contributed by atoms with Gasteiger partial charge in [0.25, 0.3) is 11.8 Å². The van der Waals surface area contributed by atoms with Crippen LogP contribution in [0.5, 0.6) is 0 Å². The van der Waals surface area contributed by atoms with Gasteiger partial charge < -0.3 is 29.9 Å². The Balaban J connectivity index is 0.728. The number of aryl methyl sites for hydroxylation is 1. The molecule has 10 rings (SSSR count). The van der Waals surface area contributed by atoms with Gasteiger partial charge in [0, 0.05) is 73.5 Å². The number of imide groups is 1. The number of fused-ring (bicyclic) bond motifs is 2. The van der Waals surface area contributed by atoms with Crippen molar-refractivity contribution < 1.29 is 32.8 Å². The molecule has 3 fully saturated rings. The monoisotopic (exact) mass is 896 g/mol. The molecule has 5 aliphatic rings. The minimum absolute atomic E-state index is 0.0233. The van der Waals surface area contributed by atoms with E-state index >= 15 is 8.78 Å². The lowest BCUT2D eigenvalue weighted by atomic mass is 9.89. The maximum atomic E-state index is 16.0. The molecule has 340 valence electrons. The fourth-order valence-electron chi connectivity index (χ4n) is 10.1. The number of aromatic nitrogens is 3. The average molecular weight is 897 g/mol. The topological polar surface area (TPSA) is 165 Å². The minimum Gasteiger partial charge on any atom is -0.374 e. The van der Waals surface area contributed by atoms with Gasteiger partial charge in [0.1, 0.15) is 23.5 Å². The number of halogens is 2. The smallest absolute Gasteiger partial charge is 0.255 e. The summed E-state index contributed by atoms with van der Waals surface area (Å²) in [7, 11) is 0. The number of piperidine rings is 2. The normalized spacial score (nSPS) is 19.4. The molecule has 66 heavy (non-hydrogen) atoms. The van der Waals surface area contributed by atoms with Gasteiger partial charge in [-0.1, -0.05) is 24.3 Å². The van der Waals surface area contributed by atoms with Crippen LogP contribution in [0.15, 0.2) is 85.3 Å². The van der Waals surface area contributed by atoms with Gasteiger partial charge in [-0.15, -0.1) is 0 Å². The second-order valence-corrected chi connectivity index (χ2v) is 17.7. The summed E-state index contributed by atoms with van der Waals surface area (Å²) in [6, 6.07) is 19.4. The fourth-order valence-corrected chi connectivity index (χ4v) is 10.1. The predicted octanol–water partition coefficient (Wildman–Crippen LogP) is 5.25. The van der Waals surface area contributed by atoms with Crippen molar-refractivity contribution in [2.75, 3.05) is 61.3 Å². The van der Waals surface area contributed by atoms with Crippen LogP contribution in [0.3, 0.4) is 0 Å². The molecule has 2 atom stereocenters. The number of pyridine rings is 1. The third-order valence-electron chi connectivity index (χ3n) is 13.7. The van der Waals surface area contributed by atoms with E-state index in [4.69, 9.17) is 0 Å². The maximum Gasteiger partial charge on any atom is 0.255 e. The lowest BCUT2D eigenvalue weighted by Gasteiger charge is -2.38. The second-order valence-electron chi connectivity index (χ2n) is 17.7. The highest BCUT2D eigenvalue weighted by Crippen LogP contribution is 2.38. The van der Waals surface area contributed by atoms with Gasteiger partial charge in [0.2, 0.25) is 17.7 Å². The molecule has 0 aliphatic carbocycles. The Labute approximate surface area is 380 Å². The number of imidazole rings is 1. The number of hydrogen-bond acceptors (Lipinski definition) is 10. The van der Waals surface area contributed by atoms with E-state index in [9.17, 15) is 24.0 Å². The number of nitrogens with one attached hydrogen (secondary N) is 3. The van der Waals surface area contributed by atoms with Crippen molar-refractivity contribution in [3.05, 3.63) is 125 Å². The Morgan fingerprint density at radius 2 is 1.62 bits per heavy atom. The summed E-state index contributed by atoms with van der Waals surface area (Å²) < 4.78 is 33.3. The van der Waals surface area contributed by atoms with Crippen LogP contribution < -0.4 is 20.9 Å². The predicted molar refractivity (Wildman–Crippen MR) is 241 cm³/mol. The molecular formula is C49H50F2N10O5. The lowest BCUT2D eigenvalue weighted by Crippen LogP contribution is -2.51. The molecule has 2 aromatic heterocycles. The van der Waals surface area contributed by atoms with Crippen molar-refractivity contribution in [3.63, 3.8) is 0 Å². The van der Waals surface area contributed by atoms with Gasteiger partial charge in [0.05, 0.1) is 25.1 Å². The fraction of sp³-hybridized carbons (Fsp3) is 0.367. The van der Waals surface area contributed by atoms with Crippen molar-refractivity contribution in [3.8, 4) is 11.1 Å². The zero-order valence-corrected chi connectivity index (χ0v) is 36.3. The SMILES string of the molecule is O=C1CC[C@@H](Nc2ccc(C3CCN(CC(=O)N4CCN(c5ccc(-c6cc(F)c7c(c6)C(=O)N(C(C(=O)Nc6ccccn6)c6ncn8c6CCC8)C7)cc5)CC4)CC3)c(F)c2)C(=O)N1. The largest absolute Gasteiger partial charge is 0.374 e. The number of nitrogens with zero attached hydrogens (tertiary/aromatic N) is 7. The quantitative estimate of drug-likeness (QED) is 0.149. The van der Waals surface area contributed by atoms with E-state index < -0.39 is 35.6 Å². The van der Waals surface area contributed by atoms with E-state index in [2.05, 4.69) is 35.7 Å². The van der Waals surface area contributed by atoms with Gasteiger partial charge in [-0.05, 0) is 116 Å². The van der Waals surface area contributed by atoms with E-state index in [-0.39, 0.29) is 47.6 Å². The highest BCUT2D eigenvalue weighted by Gasteiger charge is 2.42. The van der Waals surface area contributed by atoms with E-state index in [1.54, 1.807) is 48.9 Å². The van der Waals surface area contributed by atoms with Crippen molar-refractivity contribution >= 4 is 46.7 Å². The summed E-state index contributed by atoms with van der Waals surface area (Å²) in [5.74, 6) is -2.04. The first-order valence-corrected chi connectivity index (χ1v) is 22.7. The summed E-state index contributed by atoms with van der Waals surface area (Å²) in [6.07, 6.45) is 6.94. The maximum absolute atomic E-state index is 16.0. The number of carbonyl (C=O) groups excluding carboxylic acids is 5. The first-order chi connectivity index (χ1) is 32.1. The highest BCUT2D eigenvalue weighted by atomic mass is 19.1. The average Bonchev–Trinajstić information content (AvgIpc) is 4.05. The van der Waals surface area contributed by atoms with Gasteiger partial charge in [0.15, 0.2) is 6.04 Å². The molecule has 17 heteroatoms. The van der Waals surface area contributed by atoms with Gasteiger partial charge in [-0.25, -0.2) is 18.7 Å². The Morgan fingerprint density at radius 3 is 2.36 bits per heavy atom. The number of hydrogen-bond donors (Lipinski definition) is 3. The molecule has 3 saturated heterocycles. The van der Waals surface area contributed by atoms with E-state index in [1.165, 1.54) is 17.0 Å². The third kappa shape index (κ3) is 8.62. The first-order valence-electron chi connectivity index (χ1n) is 22.7. The van der Waals surface area contributed by atoms with Crippen molar-refractivity contribution in [1.82, 2.24) is 34.6 Å². The minimum atomic E-state index is -1.08. The lowest BCUT2D eigenvalue weighted by molar-refractivity contribution is -0.134. The van der Waals surface area contributed by atoms with Crippen LogP contribution in [0, 0.1) is 11.6 Å². The Bertz CT molecular complexity index is 2700. The molecule has 1 unspecified atom stereocenters. The summed E-state index contributed by atoms with van der Waals surface area (Å²) in [5.41, 5.74) is 5.22. The molecule has 0 saturated carbocycles. The molecular weight excluding hydrogens is 847 g/mol. The number of carbonyl (C=O) groups is 5. The summed E-state index contributed by atoms with van der Waals surface area (Å²) >= 11 is 0. The van der Waals surface area contributed by atoms with Crippen LogP contribution in [-0.2, 0) is 38.7 Å². The van der Waals surface area contributed by atoms with Gasteiger partial charge in [-0.2, -0.15) is 0 Å². The zero-order chi connectivity index (χ0) is 45.5. The van der Waals surface area contributed by atoms with Crippen molar-refractivity contribution in [2.24, 2.45) is 0 Å². The summed E-state index contributed by atoms with van der Waals surface area (Å²) in [4.78, 5) is 81.6. The molecule has 0 radical (unpaired) electrons. The van der Waals surface area contributed by atoms with E-state index in [0.29, 0.717) is 80.6 Å². The second kappa shape index (κ2) is 18.1. The molecule has 15 nitrogen and oxygen atoms in total. The molecule has 3 N–H and O–H groups in total. The van der Waals surface area contributed by atoms with E-state index in [1.807, 2.05) is 33.7 Å². The van der Waals surface area contributed by atoms with Crippen molar-refractivity contribution in [1.29, 1.82) is 0 Å². The Kier molecular flexibility index (Phi) is 11.8. The number of rotatable bonds is 11. The van der Waals surface area contributed by atoms with Crippen molar-refractivity contribution in [2.45, 2.75) is 69.6 Å². The molecule has 7 heterocycles. The number of benzene rings is 3. The molecule has 5 aliphatic heterocycles.